The average molecular weight is 228 g/mol. The lowest BCUT2D eigenvalue weighted by atomic mass is 9.81. The summed E-state index contributed by atoms with van der Waals surface area (Å²) in [5.41, 5.74) is 6.39. The van der Waals surface area contributed by atoms with Crippen molar-refractivity contribution in [3.8, 4) is 0 Å². The van der Waals surface area contributed by atoms with Crippen LogP contribution in [0.5, 0.6) is 0 Å². The Morgan fingerprint density at radius 1 is 1.31 bits per heavy atom. The third-order valence-electron chi connectivity index (χ3n) is 3.40. The Bertz CT molecular complexity index is 222. The van der Waals surface area contributed by atoms with Crippen LogP contribution in [-0.4, -0.2) is 42.3 Å². The van der Waals surface area contributed by atoms with Gasteiger partial charge in [0.05, 0.1) is 12.7 Å². The first-order chi connectivity index (χ1) is 7.23. The fourth-order valence-corrected chi connectivity index (χ4v) is 2.90. The molecule has 4 unspecified atom stereocenters. The highest BCUT2D eigenvalue weighted by Gasteiger charge is 2.38. The fourth-order valence-electron chi connectivity index (χ4n) is 2.90. The van der Waals surface area contributed by atoms with Gasteiger partial charge in [0.2, 0.25) is 0 Å². The van der Waals surface area contributed by atoms with Crippen LogP contribution in [0.1, 0.15) is 41.5 Å². The molecule has 0 aromatic heterocycles. The summed E-state index contributed by atoms with van der Waals surface area (Å²) in [6, 6.07) is 1.06. The molecule has 1 heterocycles. The van der Waals surface area contributed by atoms with Gasteiger partial charge in [-0.2, -0.15) is 0 Å². The summed E-state index contributed by atoms with van der Waals surface area (Å²) in [5.74, 6) is 0. The molecule has 3 nitrogen and oxygen atoms in total. The molecule has 0 aromatic carbocycles. The lowest BCUT2D eigenvalue weighted by Gasteiger charge is -2.48. The first-order valence-corrected chi connectivity index (χ1v) is 6.36. The summed E-state index contributed by atoms with van der Waals surface area (Å²) in [7, 11) is 0. The smallest absolute Gasteiger partial charge is 0.0674 e. The maximum absolute atomic E-state index is 6.18. The van der Waals surface area contributed by atoms with E-state index in [4.69, 9.17) is 10.5 Å². The van der Waals surface area contributed by atoms with Gasteiger partial charge < -0.3 is 10.5 Å². The zero-order valence-electron chi connectivity index (χ0n) is 11.7. The van der Waals surface area contributed by atoms with Crippen LogP contribution >= 0.6 is 0 Å². The van der Waals surface area contributed by atoms with Crippen LogP contribution in [0.4, 0.5) is 0 Å². The van der Waals surface area contributed by atoms with Crippen molar-refractivity contribution >= 4 is 0 Å². The lowest BCUT2D eigenvalue weighted by molar-refractivity contribution is -0.0872. The van der Waals surface area contributed by atoms with Crippen molar-refractivity contribution < 1.29 is 4.74 Å². The van der Waals surface area contributed by atoms with Crippen molar-refractivity contribution in [1.29, 1.82) is 0 Å². The molecule has 1 fully saturated rings. The quantitative estimate of drug-likeness (QED) is 0.784. The van der Waals surface area contributed by atoms with Crippen molar-refractivity contribution in [2.75, 3.05) is 13.2 Å². The van der Waals surface area contributed by atoms with Crippen molar-refractivity contribution in [2.45, 2.75) is 65.8 Å². The number of nitrogens with two attached hydrogens (primary N) is 1. The van der Waals surface area contributed by atoms with Crippen LogP contribution in [0.2, 0.25) is 0 Å². The second kappa shape index (κ2) is 5.03. The SMILES string of the molecule is CC1CN(C(C(C)N)C(C)(C)C)C(C)CO1. The molecule has 1 aliphatic heterocycles. The third-order valence-corrected chi connectivity index (χ3v) is 3.40. The van der Waals surface area contributed by atoms with Crippen LogP contribution in [0.25, 0.3) is 0 Å². The van der Waals surface area contributed by atoms with Crippen LogP contribution in [0.15, 0.2) is 0 Å². The summed E-state index contributed by atoms with van der Waals surface area (Å²) >= 11 is 0. The van der Waals surface area contributed by atoms with Gasteiger partial charge in [0, 0.05) is 24.7 Å². The molecule has 0 aliphatic carbocycles. The van der Waals surface area contributed by atoms with E-state index in [1.54, 1.807) is 0 Å². The summed E-state index contributed by atoms with van der Waals surface area (Å²) in [5, 5.41) is 0. The Labute approximate surface area is 100 Å². The van der Waals surface area contributed by atoms with Crippen molar-refractivity contribution in [3.05, 3.63) is 0 Å². The molecule has 1 saturated heterocycles. The second-order valence-corrected chi connectivity index (χ2v) is 6.36. The largest absolute Gasteiger partial charge is 0.376 e. The molecule has 2 N–H and O–H groups in total. The van der Waals surface area contributed by atoms with Gasteiger partial charge in [-0.05, 0) is 26.2 Å². The Morgan fingerprint density at radius 2 is 1.88 bits per heavy atom. The average Bonchev–Trinajstić information content (AvgIpc) is 2.08. The standard InChI is InChI=1S/C13H28N2O/c1-9-8-16-10(2)7-15(9)12(11(3)14)13(4,5)6/h9-12H,7-8,14H2,1-6H3. The maximum atomic E-state index is 6.18. The lowest BCUT2D eigenvalue weighted by Crippen LogP contribution is -2.61. The highest BCUT2D eigenvalue weighted by Crippen LogP contribution is 2.29. The minimum Gasteiger partial charge on any atom is -0.376 e. The normalized spacial score (nSPS) is 32.4. The Morgan fingerprint density at radius 3 is 2.31 bits per heavy atom. The molecular formula is C13H28N2O. The van der Waals surface area contributed by atoms with E-state index in [-0.39, 0.29) is 11.5 Å². The van der Waals surface area contributed by atoms with E-state index < -0.39 is 0 Å². The Balaban J connectivity index is 2.84. The highest BCUT2D eigenvalue weighted by atomic mass is 16.5. The van der Waals surface area contributed by atoms with Gasteiger partial charge >= 0.3 is 0 Å². The van der Waals surface area contributed by atoms with E-state index in [9.17, 15) is 0 Å². The number of morpholine rings is 1. The minimum absolute atomic E-state index is 0.188. The molecule has 0 amide bonds. The van der Waals surface area contributed by atoms with Gasteiger partial charge in [-0.1, -0.05) is 20.8 Å². The van der Waals surface area contributed by atoms with Crippen molar-refractivity contribution in [1.82, 2.24) is 4.90 Å². The van der Waals surface area contributed by atoms with Gasteiger partial charge in [-0.15, -0.1) is 0 Å². The minimum atomic E-state index is 0.188. The van der Waals surface area contributed by atoms with Crippen molar-refractivity contribution in [3.63, 3.8) is 0 Å². The highest BCUT2D eigenvalue weighted by molar-refractivity contribution is 4.93. The van der Waals surface area contributed by atoms with Crippen LogP contribution in [0.3, 0.4) is 0 Å². The Kier molecular flexibility index (Phi) is 4.38. The molecule has 0 saturated carbocycles. The third kappa shape index (κ3) is 3.19. The van der Waals surface area contributed by atoms with Crippen LogP contribution < -0.4 is 5.73 Å². The van der Waals surface area contributed by atoms with Gasteiger partial charge in [0.25, 0.3) is 0 Å². The summed E-state index contributed by atoms with van der Waals surface area (Å²) in [6.45, 7) is 15.1. The zero-order valence-corrected chi connectivity index (χ0v) is 11.7. The molecule has 3 heteroatoms. The van der Waals surface area contributed by atoms with Crippen LogP contribution in [-0.2, 0) is 4.74 Å². The molecule has 1 aliphatic rings. The fraction of sp³-hybridized carbons (Fsp3) is 1.00. The molecule has 96 valence electrons. The maximum Gasteiger partial charge on any atom is 0.0674 e. The van der Waals surface area contributed by atoms with E-state index in [1.807, 2.05) is 0 Å². The van der Waals surface area contributed by atoms with Crippen LogP contribution in [0, 0.1) is 5.41 Å². The molecule has 0 aromatic rings. The van der Waals surface area contributed by atoms with Crippen molar-refractivity contribution in [2.24, 2.45) is 11.1 Å². The predicted molar refractivity (Wildman–Crippen MR) is 68.5 cm³/mol. The number of hydrogen-bond donors (Lipinski definition) is 1. The first-order valence-electron chi connectivity index (χ1n) is 6.36. The summed E-state index contributed by atoms with van der Waals surface area (Å²) in [6.07, 6.45) is 0.319. The van der Waals surface area contributed by atoms with Gasteiger partial charge in [0.15, 0.2) is 0 Å². The van der Waals surface area contributed by atoms with E-state index in [2.05, 4.69) is 46.4 Å². The molecular weight excluding hydrogens is 200 g/mol. The summed E-state index contributed by atoms with van der Waals surface area (Å²) < 4.78 is 5.68. The monoisotopic (exact) mass is 228 g/mol. The zero-order chi connectivity index (χ0) is 12.5. The van der Waals surface area contributed by atoms with E-state index in [1.165, 1.54) is 0 Å². The Hall–Kier alpha value is -0.120. The van der Waals surface area contributed by atoms with E-state index in [0.717, 1.165) is 13.2 Å². The first kappa shape index (κ1) is 13.9. The molecule has 0 radical (unpaired) electrons. The van der Waals surface area contributed by atoms with Gasteiger partial charge in [-0.3, -0.25) is 4.90 Å². The summed E-state index contributed by atoms with van der Waals surface area (Å²) in [4.78, 5) is 2.53. The number of rotatable bonds is 2. The topological polar surface area (TPSA) is 38.5 Å². The predicted octanol–water partition coefficient (Wildman–Crippen LogP) is 1.86. The van der Waals surface area contributed by atoms with Gasteiger partial charge in [-0.25, -0.2) is 0 Å². The van der Waals surface area contributed by atoms with Gasteiger partial charge in [0.1, 0.15) is 0 Å². The molecule has 1 rings (SSSR count). The molecule has 0 spiro atoms. The number of nitrogens with zero attached hydrogens (tertiary/aromatic N) is 1. The molecule has 16 heavy (non-hydrogen) atoms. The number of hydrogen-bond acceptors (Lipinski definition) is 3. The molecule has 4 atom stereocenters. The van der Waals surface area contributed by atoms with E-state index >= 15 is 0 Å². The number of ether oxygens (including phenoxy) is 1. The molecule has 0 bridgehead atoms. The second-order valence-electron chi connectivity index (χ2n) is 6.36. The van der Waals surface area contributed by atoms with E-state index in [0.29, 0.717) is 18.2 Å².